The Balaban J connectivity index is 1.40. The van der Waals surface area contributed by atoms with E-state index in [1.165, 1.54) is 55.6 Å². The number of hydrogen-bond donors (Lipinski definition) is 0. The van der Waals surface area contributed by atoms with Gasteiger partial charge in [-0.05, 0) is 80.4 Å². The summed E-state index contributed by atoms with van der Waals surface area (Å²) >= 11 is 0. The highest BCUT2D eigenvalue weighted by molar-refractivity contribution is 6.00. The molecular weight excluding hydrogens is 555 g/mol. The molecule has 0 amide bonds. The van der Waals surface area contributed by atoms with Gasteiger partial charge >= 0.3 is 0 Å². The summed E-state index contributed by atoms with van der Waals surface area (Å²) in [6.07, 6.45) is 0. The van der Waals surface area contributed by atoms with E-state index in [0.717, 1.165) is 17.1 Å². The summed E-state index contributed by atoms with van der Waals surface area (Å²) in [5, 5.41) is 0. The minimum absolute atomic E-state index is 0.0942. The molecule has 0 radical (unpaired) electrons. The molecule has 0 heterocycles. The lowest BCUT2D eigenvalue weighted by Gasteiger charge is -2.31. The second kappa shape index (κ2) is 11.4. The maximum atomic E-state index is 2.44. The zero-order chi connectivity index (χ0) is 31.1. The van der Waals surface area contributed by atoms with Crippen LogP contribution in [0.2, 0.25) is 0 Å². The smallest absolute Gasteiger partial charge is 0.0546 e. The van der Waals surface area contributed by atoms with Gasteiger partial charge in [-0.15, -0.1) is 0 Å². The molecule has 1 aliphatic carbocycles. The summed E-state index contributed by atoms with van der Waals surface area (Å²) < 4.78 is 0. The lowest BCUT2D eigenvalue weighted by atomic mass is 9.82. The number of rotatable bonds is 6. The molecule has 0 saturated heterocycles. The molecule has 8 rings (SSSR count). The average molecular weight is 590 g/mol. The van der Waals surface area contributed by atoms with Crippen molar-refractivity contribution in [3.05, 3.63) is 187 Å². The number of nitrogens with zero attached hydrogens (tertiary/aromatic N) is 1. The molecule has 46 heavy (non-hydrogen) atoms. The minimum Gasteiger partial charge on any atom is -0.310 e. The summed E-state index contributed by atoms with van der Waals surface area (Å²) in [6.45, 7) is 4.70. The van der Waals surface area contributed by atoms with Crippen molar-refractivity contribution in [1.29, 1.82) is 0 Å². The van der Waals surface area contributed by atoms with E-state index in [4.69, 9.17) is 0 Å². The Hall–Kier alpha value is -5.66. The molecular formula is C45H35N. The van der Waals surface area contributed by atoms with Crippen molar-refractivity contribution in [2.75, 3.05) is 4.90 Å². The van der Waals surface area contributed by atoms with Gasteiger partial charge in [0.05, 0.1) is 5.69 Å². The third kappa shape index (κ3) is 4.64. The molecule has 1 nitrogen and oxygen atoms in total. The van der Waals surface area contributed by atoms with Crippen molar-refractivity contribution in [1.82, 2.24) is 0 Å². The normalized spacial score (nSPS) is 12.7. The van der Waals surface area contributed by atoms with E-state index in [9.17, 15) is 0 Å². The van der Waals surface area contributed by atoms with E-state index in [-0.39, 0.29) is 5.41 Å². The molecule has 0 unspecified atom stereocenters. The van der Waals surface area contributed by atoms with Crippen molar-refractivity contribution < 1.29 is 0 Å². The predicted molar refractivity (Wildman–Crippen MR) is 195 cm³/mol. The van der Waals surface area contributed by atoms with E-state index in [0.29, 0.717) is 0 Å². The van der Waals surface area contributed by atoms with E-state index in [2.05, 4.69) is 195 Å². The van der Waals surface area contributed by atoms with E-state index in [1.54, 1.807) is 0 Å². The molecule has 0 bridgehead atoms. The van der Waals surface area contributed by atoms with Gasteiger partial charge in [0.1, 0.15) is 0 Å². The third-order valence-corrected chi connectivity index (χ3v) is 9.49. The second-order valence-corrected chi connectivity index (χ2v) is 12.5. The second-order valence-electron chi connectivity index (χ2n) is 12.5. The largest absolute Gasteiger partial charge is 0.310 e. The standard InChI is InChI=1S/C45H35N/c1-45(2)41-27-15-14-25-38(41)39-30-29-35(31-42(39)45)46(34-21-10-5-11-22-34)43-28-16-26-40(44(43)33-19-8-4-9-20-33)37-24-13-12-23-36(37)32-17-6-3-7-18-32/h3-31H,1-2H3. The summed E-state index contributed by atoms with van der Waals surface area (Å²) in [5.74, 6) is 0. The Bertz CT molecular complexity index is 2160. The van der Waals surface area contributed by atoms with Gasteiger partial charge < -0.3 is 4.90 Å². The number of fused-ring (bicyclic) bond motifs is 3. The summed E-state index contributed by atoms with van der Waals surface area (Å²) in [6, 6.07) is 63.8. The highest BCUT2D eigenvalue weighted by Gasteiger charge is 2.36. The Morgan fingerprint density at radius 3 is 1.63 bits per heavy atom. The molecule has 1 heteroatoms. The SMILES string of the molecule is CC1(C)c2ccccc2-c2ccc(N(c3ccccc3)c3cccc(-c4ccccc4-c4ccccc4)c3-c3ccccc3)cc21. The Morgan fingerprint density at radius 1 is 0.370 bits per heavy atom. The molecule has 0 fully saturated rings. The first-order valence-electron chi connectivity index (χ1n) is 16.0. The maximum Gasteiger partial charge on any atom is 0.0546 e. The van der Waals surface area contributed by atoms with Crippen LogP contribution in [0.5, 0.6) is 0 Å². The van der Waals surface area contributed by atoms with Crippen molar-refractivity contribution >= 4 is 17.1 Å². The number of benzene rings is 7. The average Bonchev–Trinajstić information content (AvgIpc) is 3.35. The first kappa shape index (κ1) is 27.9. The van der Waals surface area contributed by atoms with Gasteiger partial charge in [0.25, 0.3) is 0 Å². The topological polar surface area (TPSA) is 3.24 Å². The summed E-state index contributed by atoms with van der Waals surface area (Å²) in [7, 11) is 0. The molecule has 1 aliphatic rings. The third-order valence-electron chi connectivity index (χ3n) is 9.49. The molecule has 0 aromatic heterocycles. The Morgan fingerprint density at radius 2 is 0.913 bits per heavy atom. The highest BCUT2D eigenvalue weighted by atomic mass is 15.1. The van der Waals surface area contributed by atoms with Crippen LogP contribution >= 0.6 is 0 Å². The van der Waals surface area contributed by atoms with Crippen LogP contribution in [0.4, 0.5) is 17.1 Å². The molecule has 0 N–H and O–H groups in total. The molecule has 0 spiro atoms. The fraction of sp³-hybridized carbons (Fsp3) is 0.0667. The first-order valence-corrected chi connectivity index (χ1v) is 16.0. The maximum absolute atomic E-state index is 2.44. The first-order chi connectivity index (χ1) is 22.6. The summed E-state index contributed by atoms with van der Waals surface area (Å²) in [5.41, 5.74) is 16.0. The van der Waals surface area contributed by atoms with E-state index < -0.39 is 0 Å². The highest BCUT2D eigenvalue weighted by Crippen LogP contribution is 2.52. The van der Waals surface area contributed by atoms with Crippen molar-refractivity contribution in [3.63, 3.8) is 0 Å². The van der Waals surface area contributed by atoms with Crippen LogP contribution in [-0.4, -0.2) is 0 Å². The van der Waals surface area contributed by atoms with E-state index in [1.807, 2.05) is 0 Å². The van der Waals surface area contributed by atoms with Crippen molar-refractivity contribution in [2.45, 2.75) is 19.3 Å². The van der Waals surface area contributed by atoms with Gasteiger partial charge in [0, 0.05) is 22.4 Å². The van der Waals surface area contributed by atoms with Gasteiger partial charge in [-0.3, -0.25) is 0 Å². The quantitative estimate of drug-likeness (QED) is 0.186. The summed E-state index contributed by atoms with van der Waals surface area (Å²) in [4.78, 5) is 2.44. The number of anilines is 3. The van der Waals surface area contributed by atoms with Gasteiger partial charge in [0.2, 0.25) is 0 Å². The van der Waals surface area contributed by atoms with Crippen LogP contribution in [0.1, 0.15) is 25.0 Å². The zero-order valence-electron chi connectivity index (χ0n) is 26.2. The van der Waals surface area contributed by atoms with Crippen molar-refractivity contribution in [3.8, 4) is 44.5 Å². The van der Waals surface area contributed by atoms with Gasteiger partial charge in [0.15, 0.2) is 0 Å². The predicted octanol–water partition coefficient (Wildman–Crippen LogP) is 12.5. The van der Waals surface area contributed by atoms with Crippen molar-refractivity contribution in [2.24, 2.45) is 0 Å². The molecule has 7 aromatic carbocycles. The minimum atomic E-state index is -0.0942. The molecule has 7 aromatic rings. The lowest BCUT2D eigenvalue weighted by Crippen LogP contribution is -2.17. The lowest BCUT2D eigenvalue weighted by molar-refractivity contribution is 0.660. The van der Waals surface area contributed by atoms with Crippen LogP contribution < -0.4 is 4.90 Å². The number of hydrogen-bond acceptors (Lipinski definition) is 1. The molecule has 0 aliphatic heterocycles. The fourth-order valence-electron chi connectivity index (χ4n) is 7.28. The van der Waals surface area contributed by atoms with E-state index >= 15 is 0 Å². The number of para-hydroxylation sites is 1. The van der Waals surface area contributed by atoms with Gasteiger partial charge in [-0.1, -0.05) is 159 Å². The van der Waals surface area contributed by atoms with Crippen LogP contribution in [0, 0.1) is 0 Å². The monoisotopic (exact) mass is 589 g/mol. The van der Waals surface area contributed by atoms with Crippen LogP contribution in [0.25, 0.3) is 44.5 Å². The molecule has 0 saturated carbocycles. The van der Waals surface area contributed by atoms with Gasteiger partial charge in [-0.25, -0.2) is 0 Å². The Labute approximate surface area is 272 Å². The zero-order valence-corrected chi connectivity index (χ0v) is 26.2. The Kier molecular flexibility index (Phi) is 6.88. The molecule has 220 valence electrons. The van der Waals surface area contributed by atoms with Crippen LogP contribution in [0.15, 0.2) is 176 Å². The van der Waals surface area contributed by atoms with Crippen LogP contribution in [-0.2, 0) is 5.41 Å². The van der Waals surface area contributed by atoms with Crippen LogP contribution in [0.3, 0.4) is 0 Å². The van der Waals surface area contributed by atoms with Gasteiger partial charge in [-0.2, -0.15) is 0 Å². The molecule has 0 atom stereocenters. The fourth-order valence-corrected chi connectivity index (χ4v) is 7.28.